The van der Waals surface area contributed by atoms with E-state index in [1.54, 1.807) is 0 Å². The third-order valence-electron chi connectivity index (χ3n) is 1.91. The molecule has 0 saturated carbocycles. The Morgan fingerprint density at radius 2 is 2.50 bits per heavy atom. The van der Waals surface area contributed by atoms with Gasteiger partial charge >= 0.3 is 0 Å². The maximum atomic E-state index is 8.86. The highest BCUT2D eigenvalue weighted by atomic mass is 32.1. The number of aliphatic hydroxyl groups is 1. The molecule has 4 nitrogen and oxygen atoms in total. The van der Waals surface area contributed by atoms with E-state index in [-0.39, 0.29) is 12.6 Å². The summed E-state index contributed by atoms with van der Waals surface area (Å²) >= 11 is 1.46. The van der Waals surface area contributed by atoms with Crippen LogP contribution in [-0.2, 0) is 0 Å². The first kappa shape index (κ1) is 9.39. The van der Waals surface area contributed by atoms with E-state index in [0.717, 1.165) is 16.4 Å². The minimum Gasteiger partial charge on any atom is -0.394 e. The van der Waals surface area contributed by atoms with Crippen LogP contribution in [0.4, 0.5) is 0 Å². The largest absolute Gasteiger partial charge is 0.394 e. The Balaban J connectivity index is 2.26. The normalized spacial score (nSPS) is 13.0. The van der Waals surface area contributed by atoms with Gasteiger partial charge in [0.25, 0.3) is 0 Å². The van der Waals surface area contributed by atoms with Gasteiger partial charge in [-0.05, 0) is 12.1 Å². The number of hydrogen-bond donors (Lipinski definition) is 3. The molecule has 0 aliphatic heterocycles. The first-order chi connectivity index (χ1) is 6.81. The van der Waals surface area contributed by atoms with Crippen molar-refractivity contribution in [2.75, 3.05) is 6.61 Å². The summed E-state index contributed by atoms with van der Waals surface area (Å²) in [6.45, 7) is -0.0717. The number of thiazole rings is 1. The summed E-state index contributed by atoms with van der Waals surface area (Å²) in [5, 5.41) is 11.6. The van der Waals surface area contributed by atoms with Crippen molar-refractivity contribution in [3.8, 4) is 11.4 Å². The number of aliphatic hydroxyl groups excluding tert-OH is 1. The van der Waals surface area contributed by atoms with E-state index in [4.69, 9.17) is 10.8 Å². The minimum absolute atomic E-state index is 0.0717. The predicted molar refractivity (Wildman–Crippen MR) is 55.9 cm³/mol. The van der Waals surface area contributed by atoms with Gasteiger partial charge in [-0.1, -0.05) is 0 Å². The zero-order valence-electron chi connectivity index (χ0n) is 7.47. The lowest BCUT2D eigenvalue weighted by molar-refractivity contribution is 0.268. The lowest BCUT2D eigenvalue weighted by Gasteiger charge is -2.01. The van der Waals surface area contributed by atoms with Crippen LogP contribution in [0.2, 0.25) is 0 Å². The fraction of sp³-hybridized carbons (Fsp3) is 0.222. The maximum Gasteiger partial charge on any atom is 0.112 e. The summed E-state index contributed by atoms with van der Waals surface area (Å²) in [7, 11) is 0. The van der Waals surface area contributed by atoms with Crippen LogP contribution in [0.3, 0.4) is 0 Å². The highest BCUT2D eigenvalue weighted by Gasteiger charge is 2.10. The van der Waals surface area contributed by atoms with Crippen molar-refractivity contribution < 1.29 is 5.11 Å². The summed E-state index contributed by atoms with van der Waals surface area (Å²) in [5.41, 5.74) is 7.49. The molecule has 0 saturated heterocycles. The van der Waals surface area contributed by atoms with Gasteiger partial charge in [0.15, 0.2) is 0 Å². The van der Waals surface area contributed by atoms with Crippen LogP contribution in [0.25, 0.3) is 11.4 Å². The van der Waals surface area contributed by atoms with E-state index in [1.807, 2.05) is 23.7 Å². The Kier molecular flexibility index (Phi) is 2.62. The van der Waals surface area contributed by atoms with Crippen LogP contribution < -0.4 is 5.73 Å². The first-order valence-electron chi connectivity index (χ1n) is 4.27. The van der Waals surface area contributed by atoms with E-state index >= 15 is 0 Å². The Labute approximate surface area is 85.4 Å². The average Bonchev–Trinajstić information content (AvgIpc) is 2.86. The third kappa shape index (κ3) is 1.70. The highest BCUT2D eigenvalue weighted by molar-refractivity contribution is 7.10. The molecule has 0 bridgehead atoms. The van der Waals surface area contributed by atoms with Gasteiger partial charge in [-0.25, -0.2) is 4.98 Å². The van der Waals surface area contributed by atoms with Crippen molar-refractivity contribution in [1.82, 2.24) is 9.97 Å². The van der Waals surface area contributed by atoms with E-state index < -0.39 is 0 Å². The Bertz CT molecular complexity index is 396. The van der Waals surface area contributed by atoms with Gasteiger partial charge in [0.1, 0.15) is 5.01 Å². The van der Waals surface area contributed by atoms with Crippen LogP contribution in [0.15, 0.2) is 23.7 Å². The summed E-state index contributed by atoms with van der Waals surface area (Å²) in [6, 6.07) is 3.49. The van der Waals surface area contributed by atoms with Crippen molar-refractivity contribution in [3.05, 3.63) is 28.7 Å². The summed E-state index contributed by atoms with van der Waals surface area (Å²) in [6.07, 6.45) is 1.85. The predicted octanol–water partition coefficient (Wildman–Crippen LogP) is 1.13. The number of aromatic amines is 1. The number of nitrogens with zero attached hydrogens (tertiary/aromatic N) is 1. The molecule has 0 aliphatic rings. The van der Waals surface area contributed by atoms with Crippen LogP contribution in [0, 0.1) is 0 Å². The van der Waals surface area contributed by atoms with Crippen molar-refractivity contribution in [1.29, 1.82) is 0 Å². The number of aromatic nitrogens is 2. The molecule has 0 radical (unpaired) electrons. The zero-order chi connectivity index (χ0) is 9.97. The third-order valence-corrected chi connectivity index (χ3v) is 2.89. The molecule has 5 heteroatoms. The van der Waals surface area contributed by atoms with Crippen LogP contribution in [0.5, 0.6) is 0 Å². The number of H-pyrrole nitrogens is 1. The standard InChI is InChI=1S/C9H11N3OS/c10-6(4-13)9-12-8(5-14-9)7-2-1-3-11-7/h1-3,5-6,11,13H,4,10H2. The van der Waals surface area contributed by atoms with Gasteiger partial charge in [-0.15, -0.1) is 11.3 Å². The summed E-state index contributed by atoms with van der Waals surface area (Å²) < 4.78 is 0. The molecule has 0 amide bonds. The summed E-state index contributed by atoms with van der Waals surface area (Å²) in [4.78, 5) is 7.39. The molecule has 0 aromatic carbocycles. The Morgan fingerprint density at radius 1 is 1.64 bits per heavy atom. The van der Waals surface area contributed by atoms with Crippen molar-refractivity contribution in [2.24, 2.45) is 5.73 Å². The Hall–Kier alpha value is -1.17. The van der Waals surface area contributed by atoms with Crippen LogP contribution >= 0.6 is 11.3 Å². The topological polar surface area (TPSA) is 74.9 Å². The molecule has 2 aromatic heterocycles. The van der Waals surface area contributed by atoms with E-state index in [2.05, 4.69) is 9.97 Å². The minimum atomic E-state index is -0.372. The molecule has 0 aliphatic carbocycles. The fourth-order valence-corrected chi connectivity index (χ4v) is 1.96. The molecule has 1 unspecified atom stereocenters. The van der Waals surface area contributed by atoms with Gasteiger partial charge < -0.3 is 15.8 Å². The number of nitrogens with two attached hydrogens (primary N) is 1. The van der Waals surface area contributed by atoms with E-state index in [9.17, 15) is 0 Å². The molecule has 2 heterocycles. The van der Waals surface area contributed by atoms with Gasteiger partial charge in [0.05, 0.1) is 24.0 Å². The van der Waals surface area contributed by atoms with Gasteiger partial charge in [-0.2, -0.15) is 0 Å². The Morgan fingerprint density at radius 3 is 3.14 bits per heavy atom. The molecule has 14 heavy (non-hydrogen) atoms. The highest BCUT2D eigenvalue weighted by Crippen LogP contribution is 2.22. The SMILES string of the molecule is NC(CO)c1nc(-c2ccc[nH]2)cs1. The maximum absolute atomic E-state index is 8.86. The van der Waals surface area contributed by atoms with Gasteiger partial charge in [0.2, 0.25) is 0 Å². The van der Waals surface area contributed by atoms with Crippen molar-refractivity contribution >= 4 is 11.3 Å². The average molecular weight is 209 g/mol. The number of nitrogens with one attached hydrogen (secondary N) is 1. The number of hydrogen-bond acceptors (Lipinski definition) is 4. The monoisotopic (exact) mass is 209 g/mol. The van der Waals surface area contributed by atoms with Crippen LogP contribution in [0.1, 0.15) is 11.0 Å². The van der Waals surface area contributed by atoms with Crippen molar-refractivity contribution in [2.45, 2.75) is 6.04 Å². The second-order valence-corrected chi connectivity index (χ2v) is 3.83. The fourth-order valence-electron chi connectivity index (χ4n) is 1.15. The molecular weight excluding hydrogens is 198 g/mol. The second-order valence-electron chi connectivity index (χ2n) is 2.94. The molecular formula is C9H11N3OS. The van der Waals surface area contributed by atoms with Gasteiger partial charge in [-0.3, -0.25) is 0 Å². The first-order valence-corrected chi connectivity index (χ1v) is 5.15. The summed E-state index contributed by atoms with van der Waals surface area (Å²) in [5.74, 6) is 0. The molecule has 2 aromatic rings. The molecule has 2 rings (SSSR count). The number of rotatable bonds is 3. The molecule has 4 N–H and O–H groups in total. The lowest BCUT2D eigenvalue weighted by Crippen LogP contribution is -2.13. The van der Waals surface area contributed by atoms with E-state index in [1.165, 1.54) is 11.3 Å². The quantitative estimate of drug-likeness (QED) is 0.709. The second kappa shape index (κ2) is 3.91. The smallest absolute Gasteiger partial charge is 0.112 e. The molecule has 0 fully saturated rings. The van der Waals surface area contributed by atoms with Gasteiger partial charge in [0, 0.05) is 11.6 Å². The zero-order valence-corrected chi connectivity index (χ0v) is 8.29. The lowest BCUT2D eigenvalue weighted by atomic mass is 10.3. The van der Waals surface area contributed by atoms with Crippen LogP contribution in [-0.4, -0.2) is 21.7 Å². The molecule has 74 valence electrons. The van der Waals surface area contributed by atoms with Crippen molar-refractivity contribution in [3.63, 3.8) is 0 Å². The molecule has 0 spiro atoms. The van der Waals surface area contributed by atoms with E-state index in [0.29, 0.717) is 0 Å². The molecule has 1 atom stereocenters.